The number of carbonyl (C=O) groups is 2. The number of phosphoric acid groups is 2. The van der Waals surface area contributed by atoms with Crippen LogP contribution in [-0.2, 0) is 51.0 Å². The topological polar surface area (TPSA) is 278 Å². The fourth-order valence-corrected chi connectivity index (χ4v) is 9.35. The molecule has 0 radical (unpaired) electrons. The summed E-state index contributed by atoms with van der Waals surface area (Å²) in [6.45, 7) is 1.92. The summed E-state index contributed by atoms with van der Waals surface area (Å²) < 4.78 is 62.4. The number of hydrogen-bond acceptors (Lipinski definition) is 16. The van der Waals surface area contributed by atoms with Gasteiger partial charge in [-0.05, 0) is 83.1 Å². The molecule has 2 fully saturated rings. The Labute approximate surface area is 419 Å². The molecule has 0 saturated carbocycles. The lowest BCUT2D eigenvalue weighted by Gasteiger charge is -2.21. The first-order valence-corrected chi connectivity index (χ1v) is 28.1. The number of allylic oxidation sites excluding steroid dienone is 11. The van der Waals surface area contributed by atoms with E-state index < -0.39 is 83.7 Å². The number of nitrogen functional groups attached to an aromatic ring is 1. The zero-order valence-electron chi connectivity index (χ0n) is 41.4. The quantitative estimate of drug-likeness (QED) is 0.0135. The van der Waals surface area contributed by atoms with Crippen molar-refractivity contribution >= 4 is 33.4 Å². The number of aliphatic hydroxyl groups excluding tert-OH is 2. The molecule has 4 unspecified atom stereocenters. The highest BCUT2D eigenvalue weighted by Gasteiger charge is 2.46. The molecular weight excluding hydrogens is 961 g/mol. The highest BCUT2D eigenvalue weighted by atomic mass is 31.3. The highest BCUT2D eigenvalue weighted by Crippen LogP contribution is 2.60. The maximum Gasteiger partial charge on any atom is 0.481 e. The number of nitrogens with zero attached hydrogens (tertiary/aromatic N) is 2. The van der Waals surface area contributed by atoms with E-state index in [0.29, 0.717) is 31.5 Å². The van der Waals surface area contributed by atoms with Crippen LogP contribution in [0.25, 0.3) is 0 Å². The van der Waals surface area contributed by atoms with Crippen molar-refractivity contribution in [1.82, 2.24) is 9.55 Å². The van der Waals surface area contributed by atoms with Gasteiger partial charge in [0.2, 0.25) is 0 Å². The molecule has 0 spiro atoms. The predicted molar refractivity (Wildman–Crippen MR) is 270 cm³/mol. The van der Waals surface area contributed by atoms with Gasteiger partial charge in [-0.3, -0.25) is 23.2 Å². The Balaban J connectivity index is 1.42. The second-order valence-corrected chi connectivity index (χ2v) is 20.4. The molecule has 2 saturated heterocycles. The number of hydrogen-bond donors (Lipinski definition) is 5. The second kappa shape index (κ2) is 35.3. The SMILES string of the molecule is CC/C=C\C/C=C\C/C=C\CCCCCCCC(=O)O[C@H](COC(=O)CCC/C=C\C/C=C\C/C=C\CC1OC1CCCCC)COP(=O)(O)OP(=O)(O)OC[C@H]1O[C@@H](n2ccc(N)nc2=O)[C@H](O)[C@@H]1O. The third-order valence-corrected chi connectivity index (χ3v) is 13.8. The Morgan fingerprint density at radius 3 is 2.00 bits per heavy atom. The number of aromatic nitrogens is 2. The molecule has 1 aromatic rings. The van der Waals surface area contributed by atoms with Gasteiger partial charge in [-0.1, -0.05) is 125 Å². The average molecular weight is 1040 g/mol. The maximum atomic E-state index is 12.9. The number of ether oxygens (including phenoxy) is 4. The van der Waals surface area contributed by atoms with Crippen LogP contribution in [0.2, 0.25) is 0 Å². The summed E-state index contributed by atoms with van der Waals surface area (Å²) >= 11 is 0. The molecule has 2 aliphatic rings. The van der Waals surface area contributed by atoms with Gasteiger partial charge in [0.05, 0.1) is 25.4 Å². The van der Waals surface area contributed by atoms with E-state index in [9.17, 15) is 43.5 Å². The van der Waals surface area contributed by atoms with Crippen molar-refractivity contribution in [1.29, 1.82) is 0 Å². The Morgan fingerprint density at radius 1 is 0.718 bits per heavy atom. The molecule has 0 bridgehead atoms. The van der Waals surface area contributed by atoms with Crippen LogP contribution < -0.4 is 11.4 Å². The number of nitrogens with two attached hydrogens (primary N) is 1. The molecule has 3 heterocycles. The van der Waals surface area contributed by atoms with Gasteiger partial charge in [-0.25, -0.2) is 13.9 Å². The van der Waals surface area contributed by atoms with Crippen LogP contribution in [-0.4, -0.2) is 97.9 Å². The Hall–Kier alpha value is -3.84. The number of rotatable bonds is 39. The lowest BCUT2D eigenvalue weighted by molar-refractivity contribution is -0.161. The summed E-state index contributed by atoms with van der Waals surface area (Å²) in [7, 11) is -10.9. The smallest absolute Gasteiger partial charge is 0.462 e. The first-order valence-electron chi connectivity index (χ1n) is 25.1. The number of carbonyl (C=O) groups excluding carboxylic acids is 2. The Morgan fingerprint density at radius 2 is 1.32 bits per heavy atom. The van der Waals surface area contributed by atoms with Crippen LogP contribution in [0.3, 0.4) is 0 Å². The van der Waals surface area contributed by atoms with Gasteiger partial charge in [-0.2, -0.15) is 9.29 Å². The van der Waals surface area contributed by atoms with Crippen molar-refractivity contribution < 1.29 is 71.0 Å². The maximum absolute atomic E-state index is 12.9. The van der Waals surface area contributed by atoms with Crippen LogP contribution in [0.4, 0.5) is 5.82 Å². The molecule has 0 amide bonds. The zero-order chi connectivity index (χ0) is 51.7. The summed E-state index contributed by atoms with van der Waals surface area (Å²) in [5.41, 5.74) is 4.58. The highest BCUT2D eigenvalue weighted by molar-refractivity contribution is 7.61. The fraction of sp³-hybridized carbons (Fsp3) is 0.640. The van der Waals surface area contributed by atoms with Gasteiger partial charge in [-0.15, -0.1) is 0 Å². The molecule has 3 rings (SSSR count). The van der Waals surface area contributed by atoms with Crippen LogP contribution in [0.1, 0.15) is 148 Å². The van der Waals surface area contributed by atoms with Crippen molar-refractivity contribution in [2.24, 2.45) is 0 Å². The van der Waals surface area contributed by atoms with E-state index in [2.05, 4.69) is 83.9 Å². The van der Waals surface area contributed by atoms with Crippen molar-refractivity contribution in [3.63, 3.8) is 0 Å². The molecule has 0 aromatic carbocycles. The van der Waals surface area contributed by atoms with E-state index in [1.54, 1.807) is 0 Å². The van der Waals surface area contributed by atoms with Crippen molar-refractivity contribution in [3.05, 3.63) is 95.7 Å². The molecule has 6 N–H and O–H groups in total. The van der Waals surface area contributed by atoms with Crippen molar-refractivity contribution in [2.45, 2.75) is 185 Å². The largest absolute Gasteiger partial charge is 0.481 e. The number of epoxide rings is 1. The Kier molecular flexibility index (Phi) is 30.6. The first kappa shape index (κ1) is 61.5. The lowest BCUT2D eigenvalue weighted by Crippen LogP contribution is -2.36. The first-order chi connectivity index (χ1) is 34.1. The van der Waals surface area contributed by atoms with Gasteiger partial charge in [0.1, 0.15) is 30.7 Å². The molecule has 71 heavy (non-hydrogen) atoms. The molecule has 21 heteroatoms. The monoisotopic (exact) mass is 1040 g/mol. The van der Waals surface area contributed by atoms with Crippen LogP contribution in [0.5, 0.6) is 0 Å². The lowest BCUT2D eigenvalue weighted by atomic mass is 10.1. The molecule has 0 aliphatic carbocycles. The summed E-state index contributed by atoms with van der Waals surface area (Å²) in [5.74, 6) is -1.40. The standard InChI is InChI=1S/C50H79N3O16P2/c1-3-5-7-8-9-10-11-12-13-14-15-20-23-26-30-34-46(55)66-40(37-63-45(54)33-29-25-22-19-17-16-18-21-24-28-32-42-41(67-42)31-27-6-4-2)38-64-70(59,60)69-71(61,62)65-39-43-47(56)48(57)49(68-43)53-36-35-44(51)52-50(53)58/h5,7,9-10,12-13,16,18-19,22,24,28,35-36,40-43,47-49,56-57H,3-4,6,8,11,14-15,17,20-21,23,25-27,29-34,37-39H2,1-2H3,(H,59,60)(H,61,62)(H2,51,52,58)/b7-5-,10-9-,13-12-,18-16-,22-19-,28-24-/t40-,41?,42?,43-,47-,48-,49-/m1/s1. The third kappa shape index (κ3) is 27.7. The fourth-order valence-electron chi connectivity index (χ4n) is 7.24. The van der Waals surface area contributed by atoms with Crippen LogP contribution in [0.15, 0.2) is 90.0 Å². The molecule has 19 nitrogen and oxygen atoms in total. The van der Waals surface area contributed by atoms with E-state index in [1.807, 2.05) is 12.2 Å². The summed E-state index contributed by atoms with van der Waals surface area (Å²) in [6, 6.07) is 1.24. The molecule has 1 aromatic heterocycles. The van der Waals surface area contributed by atoms with E-state index in [4.69, 9.17) is 33.7 Å². The minimum atomic E-state index is -5.44. The minimum absolute atomic E-state index is 0.0128. The van der Waals surface area contributed by atoms with Crippen molar-refractivity contribution in [2.75, 3.05) is 25.6 Å². The molecule has 9 atom stereocenters. The molecule has 2 aliphatic heterocycles. The zero-order valence-corrected chi connectivity index (χ0v) is 43.2. The Bertz CT molecular complexity index is 2040. The van der Waals surface area contributed by atoms with Gasteiger partial charge >= 0.3 is 33.3 Å². The number of unbranched alkanes of at least 4 members (excludes halogenated alkanes) is 8. The third-order valence-electron chi connectivity index (χ3n) is 11.2. The van der Waals surface area contributed by atoms with E-state index >= 15 is 0 Å². The van der Waals surface area contributed by atoms with Crippen molar-refractivity contribution in [3.8, 4) is 0 Å². The molecule has 400 valence electrons. The number of esters is 2. The van der Waals surface area contributed by atoms with Crippen LogP contribution in [0, 0.1) is 0 Å². The normalized spacial score (nSPS) is 22.6. The van der Waals surface area contributed by atoms with Gasteiger partial charge in [0, 0.05) is 19.0 Å². The summed E-state index contributed by atoms with van der Waals surface area (Å²) in [6.07, 6.45) is 36.0. The summed E-state index contributed by atoms with van der Waals surface area (Å²) in [5, 5.41) is 20.9. The van der Waals surface area contributed by atoms with Gasteiger partial charge in [0.25, 0.3) is 0 Å². The molecular formula is C50H79N3O16P2. The van der Waals surface area contributed by atoms with E-state index in [-0.39, 0.29) is 18.7 Å². The van der Waals surface area contributed by atoms with E-state index in [0.717, 1.165) is 87.8 Å². The number of anilines is 1. The van der Waals surface area contributed by atoms with Gasteiger partial charge in [0.15, 0.2) is 12.3 Å². The predicted octanol–water partition coefficient (Wildman–Crippen LogP) is 9.10. The number of phosphoric ester groups is 2. The van der Waals surface area contributed by atoms with E-state index in [1.165, 1.54) is 25.3 Å². The second-order valence-electron chi connectivity index (χ2n) is 17.3. The minimum Gasteiger partial charge on any atom is -0.462 e. The van der Waals surface area contributed by atoms with Crippen LogP contribution >= 0.6 is 15.6 Å². The summed E-state index contributed by atoms with van der Waals surface area (Å²) in [4.78, 5) is 61.9. The number of aliphatic hydroxyl groups is 2. The average Bonchev–Trinajstić information content (AvgIpc) is 4.02. The van der Waals surface area contributed by atoms with Gasteiger partial charge < -0.3 is 44.7 Å².